The van der Waals surface area contributed by atoms with Crippen molar-refractivity contribution in [3.05, 3.63) is 53.5 Å². The predicted octanol–water partition coefficient (Wildman–Crippen LogP) is 8.56. The highest BCUT2D eigenvalue weighted by atomic mass is 16.5. The minimum Gasteiger partial charge on any atom is -0.497 e. The van der Waals surface area contributed by atoms with E-state index in [1.54, 1.807) is 13.4 Å². The lowest BCUT2D eigenvalue weighted by molar-refractivity contribution is -0.179. The van der Waals surface area contributed by atoms with Crippen molar-refractivity contribution < 1.29 is 14.6 Å². The van der Waals surface area contributed by atoms with Gasteiger partial charge in [-0.2, -0.15) is 14.6 Å². The molecule has 0 aliphatic heterocycles. The zero-order chi connectivity index (χ0) is 33.3. The molecule has 0 bridgehead atoms. The van der Waals surface area contributed by atoms with Gasteiger partial charge in [0.05, 0.1) is 23.9 Å². The molecule has 0 saturated heterocycles. The van der Waals surface area contributed by atoms with Crippen LogP contribution in [0.2, 0.25) is 0 Å². The van der Waals surface area contributed by atoms with Crippen LogP contribution in [0.4, 0.5) is 0 Å². The monoisotopic (exact) mass is 636 g/mol. The Kier molecular flexibility index (Phi) is 6.56. The number of rotatable bonds is 3. The van der Waals surface area contributed by atoms with Crippen LogP contribution in [0.5, 0.6) is 5.75 Å². The van der Waals surface area contributed by atoms with Gasteiger partial charge in [-0.15, -0.1) is 0 Å². The molecule has 0 spiro atoms. The molecule has 47 heavy (non-hydrogen) atoms. The molecule has 3 unspecified atom stereocenters. The molecular weight excluding hydrogens is 584 g/mol. The van der Waals surface area contributed by atoms with Crippen LogP contribution in [-0.2, 0) is 16.6 Å². The quantitative estimate of drug-likeness (QED) is 0.290. The Labute approximate surface area is 279 Å². The smallest absolute Gasteiger partial charge is 0.310 e. The van der Waals surface area contributed by atoms with Crippen LogP contribution < -0.4 is 4.74 Å². The maximum absolute atomic E-state index is 13.1. The third-order valence-electron chi connectivity index (χ3n) is 15.6. The largest absolute Gasteiger partial charge is 0.497 e. The summed E-state index contributed by atoms with van der Waals surface area (Å²) in [5.74, 6) is 2.88. The fraction of sp³-hybridized carbons (Fsp3) is 0.650. The van der Waals surface area contributed by atoms with E-state index >= 15 is 0 Å². The van der Waals surface area contributed by atoms with Gasteiger partial charge >= 0.3 is 5.97 Å². The summed E-state index contributed by atoms with van der Waals surface area (Å²) in [7, 11) is 1.72. The van der Waals surface area contributed by atoms with Crippen molar-refractivity contribution in [1.29, 1.82) is 0 Å². The van der Waals surface area contributed by atoms with Crippen LogP contribution in [0.3, 0.4) is 0 Å². The van der Waals surface area contributed by atoms with E-state index in [0.717, 1.165) is 74.1 Å². The molecule has 0 amide bonds. The number of ether oxygens (including phenoxy) is 1. The number of allylic oxidation sites excluding steroid dienone is 2. The molecule has 3 aromatic rings. The summed E-state index contributed by atoms with van der Waals surface area (Å²) in [5, 5.41) is 15.5. The molecule has 5 aliphatic carbocycles. The molecule has 2 aromatic heterocycles. The SMILES string of the molecule is COc1cccc(-c2c3c(nc4ncnn24)C(C)(C)C2CC[C@]4(C)C(CC=C5C6[C@@H](C)[C@H](C)CC[C@]6(C(=O)O)CC[C@]54C)[C@@]2(C)C3)c1. The number of benzene rings is 1. The molecule has 7 heteroatoms. The van der Waals surface area contributed by atoms with Gasteiger partial charge in [0.15, 0.2) is 0 Å². The summed E-state index contributed by atoms with van der Waals surface area (Å²) in [5.41, 5.74) is 5.38. The van der Waals surface area contributed by atoms with Gasteiger partial charge < -0.3 is 9.84 Å². The van der Waals surface area contributed by atoms with Gasteiger partial charge in [-0.3, -0.25) is 4.79 Å². The summed E-state index contributed by atoms with van der Waals surface area (Å²) in [6.07, 6.45) is 12.1. The lowest BCUT2D eigenvalue weighted by Crippen LogP contribution is -2.65. The molecule has 7 nitrogen and oxygen atoms in total. The lowest BCUT2D eigenvalue weighted by Gasteiger charge is -2.70. The third kappa shape index (κ3) is 3.80. The Bertz CT molecular complexity index is 1830. The lowest BCUT2D eigenvalue weighted by atomic mass is 9.33. The highest BCUT2D eigenvalue weighted by Crippen LogP contribution is 2.75. The Morgan fingerprint density at radius 2 is 1.81 bits per heavy atom. The average molecular weight is 637 g/mol. The van der Waals surface area contributed by atoms with E-state index in [9.17, 15) is 9.90 Å². The van der Waals surface area contributed by atoms with E-state index in [-0.39, 0.29) is 27.6 Å². The fourth-order valence-corrected chi connectivity index (χ4v) is 12.8. The van der Waals surface area contributed by atoms with E-state index in [4.69, 9.17) is 14.8 Å². The van der Waals surface area contributed by atoms with Crippen molar-refractivity contribution in [1.82, 2.24) is 19.6 Å². The van der Waals surface area contributed by atoms with Crippen molar-refractivity contribution in [2.24, 2.45) is 51.2 Å². The summed E-state index contributed by atoms with van der Waals surface area (Å²) < 4.78 is 7.61. The number of methoxy groups -OCH3 is 1. The fourth-order valence-electron chi connectivity index (χ4n) is 12.8. The van der Waals surface area contributed by atoms with E-state index < -0.39 is 11.4 Å². The second-order valence-corrected chi connectivity index (χ2v) is 17.5. The molecule has 3 fully saturated rings. The minimum absolute atomic E-state index is 0.0188. The summed E-state index contributed by atoms with van der Waals surface area (Å²) >= 11 is 0. The Balaban J connectivity index is 1.30. The summed E-state index contributed by atoms with van der Waals surface area (Å²) in [6, 6.07) is 8.32. The highest BCUT2D eigenvalue weighted by molar-refractivity contribution is 5.77. The molecule has 3 saturated carbocycles. The number of hydrogen-bond acceptors (Lipinski definition) is 5. The second-order valence-electron chi connectivity index (χ2n) is 17.5. The van der Waals surface area contributed by atoms with E-state index in [1.165, 1.54) is 11.1 Å². The van der Waals surface area contributed by atoms with Gasteiger partial charge in [-0.25, -0.2) is 4.98 Å². The van der Waals surface area contributed by atoms with E-state index in [2.05, 4.69) is 77.7 Å². The Morgan fingerprint density at radius 1 is 1.02 bits per heavy atom. The number of carboxylic acid groups (broad SMARTS) is 1. The summed E-state index contributed by atoms with van der Waals surface area (Å²) in [6.45, 7) is 17.3. The van der Waals surface area contributed by atoms with Crippen molar-refractivity contribution in [2.45, 2.75) is 105 Å². The Hall–Kier alpha value is -3.22. The van der Waals surface area contributed by atoms with E-state index in [0.29, 0.717) is 29.4 Å². The van der Waals surface area contributed by atoms with Gasteiger partial charge in [0.25, 0.3) is 5.78 Å². The molecular formula is C40H52N4O3. The van der Waals surface area contributed by atoms with Crippen molar-refractivity contribution in [3.63, 3.8) is 0 Å². The van der Waals surface area contributed by atoms with Crippen molar-refractivity contribution in [3.8, 4) is 17.0 Å². The standard InChI is InChI=1S/C40H52N4O3/c1-23-14-17-40(34(45)46)19-18-38(6)28(31(40)24(23)2)12-13-30-37(5)21-27-32(25-10-9-11-26(20-25)47-8)44-35(41-22-42-44)43-33(27)36(3,4)29(37)15-16-39(30,38)7/h9-12,20,22-24,29-31H,13-19,21H2,1-8H3,(H,45,46)/t23-,24+,29?,30?,31?,37+,38-,39-,40+/m1/s1. The normalized spacial score (nSPS) is 40.3. The molecule has 0 radical (unpaired) electrons. The van der Waals surface area contributed by atoms with Crippen molar-refractivity contribution >= 4 is 11.7 Å². The van der Waals surface area contributed by atoms with Crippen LogP contribution >= 0.6 is 0 Å². The predicted molar refractivity (Wildman–Crippen MR) is 183 cm³/mol. The first-order valence-corrected chi connectivity index (χ1v) is 18.0. The van der Waals surface area contributed by atoms with Gasteiger partial charge in [0, 0.05) is 16.5 Å². The Morgan fingerprint density at radius 3 is 2.55 bits per heavy atom. The number of aliphatic carboxylic acids is 1. The van der Waals surface area contributed by atoms with Crippen LogP contribution in [0.15, 0.2) is 42.2 Å². The third-order valence-corrected chi connectivity index (χ3v) is 15.6. The highest BCUT2D eigenvalue weighted by Gasteiger charge is 2.69. The minimum atomic E-state index is -0.617. The maximum atomic E-state index is 13.1. The zero-order valence-electron chi connectivity index (χ0n) is 29.6. The van der Waals surface area contributed by atoms with Gasteiger partial charge in [-0.1, -0.05) is 72.2 Å². The van der Waals surface area contributed by atoms with E-state index in [1.807, 2.05) is 10.6 Å². The molecule has 1 N–H and O–H groups in total. The van der Waals surface area contributed by atoms with Gasteiger partial charge in [0.1, 0.15) is 12.1 Å². The number of nitrogens with zero attached hydrogens (tertiary/aromatic N) is 4. The molecule has 2 heterocycles. The maximum Gasteiger partial charge on any atom is 0.310 e. The van der Waals surface area contributed by atoms with Gasteiger partial charge in [0.2, 0.25) is 0 Å². The first kappa shape index (κ1) is 31.1. The van der Waals surface area contributed by atoms with Crippen LogP contribution in [-0.4, -0.2) is 37.8 Å². The number of aromatic nitrogens is 4. The van der Waals surface area contributed by atoms with Crippen LogP contribution in [0.25, 0.3) is 17.0 Å². The van der Waals surface area contributed by atoms with Crippen LogP contribution in [0, 0.1) is 51.2 Å². The molecule has 8 rings (SSSR count). The number of carbonyl (C=O) groups is 1. The number of carboxylic acids is 1. The summed E-state index contributed by atoms with van der Waals surface area (Å²) in [4.78, 5) is 23.0. The molecule has 5 aliphatic rings. The zero-order valence-corrected chi connectivity index (χ0v) is 29.6. The van der Waals surface area contributed by atoms with Gasteiger partial charge in [-0.05, 0) is 109 Å². The average Bonchev–Trinajstić information content (AvgIpc) is 3.50. The topological polar surface area (TPSA) is 89.6 Å². The second kappa shape index (κ2) is 9.92. The number of fused-ring (bicyclic) bond motifs is 9. The molecule has 1 aromatic carbocycles. The first-order valence-electron chi connectivity index (χ1n) is 18.0. The molecule has 9 atom stereocenters. The number of hydrogen-bond donors (Lipinski definition) is 1. The molecule has 250 valence electrons. The van der Waals surface area contributed by atoms with Crippen LogP contribution in [0.1, 0.15) is 105 Å². The van der Waals surface area contributed by atoms with Crippen molar-refractivity contribution in [2.75, 3.05) is 7.11 Å². The first-order chi connectivity index (χ1) is 22.2.